The number of carbonyl (C=O) groups excluding carboxylic acids is 1. The standard InChI is InChI=1S/C21H19BrN2O2S/c1-12(2)13-9-10-19(25)18(11-13)23-21(27)24-20(26)16-7-3-6-15-14(16)5-4-8-17(15)22/h3-12,25H,1-2H3,(H2,23,24,26,27). The first-order valence-corrected chi connectivity index (χ1v) is 9.69. The molecule has 0 saturated heterocycles. The van der Waals surface area contributed by atoms with Crippen LogP contribution in [-0.2, 0) is 0 Å². The molecule has 0 aromatic heterocycles. The number of phenols is 1. The number of hydrogen-bond acceptors (Lipinski definition) is 3. The molecule has 1 amide bonds. The van der Waals surface area contributed by atoms with Crippen molar-refractivity contribution in [2.75, 3.05) is 5.32 Å². The number of rotatable bonds is 3. The van der Waals surface area contributed by atoms with Crippen LogP contribution in [0.25, 0.3) is 10.8 Å². The largest absolute Gasteiger partial charge is 0.506 e. The van der Waals surface area contributed by atoms with Crippen molar-refractivity contribution in [2.24, 2.45) is 0 Å². The van der Waals surface area contributed by atoms with Crippen LogP contribution in [0, 0.1) is 0 Å². The molecule has 0 bridgehead atoms. The van der Waals surface area contributed by atoms with Gasteiger partial charge in [-0.3, -0.25) is 10.1 Å². The van der Waals surface area contributed by atoms with Gasteiger partial charge in [0.05, 0.1) is 5.69 Å². The highest BCUT2D eigenvalue weighted by atomic mass is 79.9. The van der Waals surface area contributed by atoms with Gasteiger partial charge in [-0.1, -0.05) is 60.1 Å². The Morgan fingerprint density at radius 2 is 1.78 bits per heavy atom. The molecule has 0 spiro atoms. The van der Waals surface area contributed by atoms with Gasteiger partial charge in [-0.05, 0) is 58.7 Å². The number of nitrogens with one attached hydrogen (secondary N) is 2. The summed E-state index contributed by atoms with van der Waals surface area (Å²) in [5.41, 5.74) is 2.05. The Kier molecular flexibility index (Phi) is 5.77. The van der Waals surface area contributed by atoms with E-state index in [1.54, 1.807) is 12.1 Å². The molecule has 3 aromatic carbocycles. The van der Waals surface area contributed by atoms with Crippen molar-refractivity contribution in [2.45, 2.75) is 19.8 Å². The number of aromatic hydroxyl groups is 1. The Morgan fingerprint density at radius 1 is 1.07 bits per heavy atom. The summed E-state index contributed by atoms with van der Waals surface area (Å²) >= 11 is 8.77. The van der Waals surface area contributed by atoms with E-state index in [0.717, 1.165) is 20.8 Å². The van der Waals surface area contributed by atoms with Gasteiger partial charge in [-0.15, -0.1) is 0 Å². The number of hydrogen-bond donors (Lipinski definition) is 3. The van der Waals surface area contributed by atoms with E-state index in [-0.39, 0.29) is 16.8 Å². The van der Waals surface area contributed by atoms with E-state index in [0.29, 0.717) is 17.2 Å². The molecule has 0 unspecified atom stereocenters. The third-order valence-corrected chi connectivity index (χ3v) is 5.17. The zero-order valence-corrected chi connectivity index (χ0v) is 17.3. The first kappa shape index (κ1) is 19.3. The van der Waals surface area contributed by atoms with Gasteiger partial charge in [0, 0.05) is 10.0 Å². The van der Waals surface area contributed by atoms with Gasteiger partial charge in [0.25, 0.3) is 5.91 Å². The lowest BCUT2D eigenvalue weighted by molar-refractivity contribution is 0.0979. The summed E-state index contributed by atoms with van der Waals surface area (Å²) in [7, 11) is 0. The van der Waals surface area contributed by atoms with Gasteiger partial charge in [0.1, 0.15) is 5.75 Å². The average Bonchev–Trinajstić information content (AvgIpc) is 2.63. The Hall–Kier alpha value is -2.44. The molecule has 0 aliphatic rings. The highest BCUT2D eigenvalue weighted by molar-refractivity contribution is 9.10. The van der Waals surface area contributed by atoms with Crippen molar-refractivity contribution in [3.05, 3.63) is 70.2 Å². The van der Waals surface area contributed by atoms with Crippen LogP contribution in [0.1, 0.15) is 35.7 Å². The van der Waals surface area contributed by atoms with Gasteiger partial charge in [0.2, 0.25) is 0 Å². The van der Waals surface area contributed by atoms with E-state index in [9.17, 15) is 9.90 Å². The van der Waals surface area contributed by atoms with Crippen LogP contribution in [0.5, 0.6) is 5.75 Å². The molecule has 4 nitrogen and oxygen atoms in total. The van der Waals surface area contributed by atoms with Crippen LogP contribution >= 0.6 is 28.1 Å². The van der Waals surface area contributed by atoms with Gasteiger partial charge in [-0.2, -0.15) is 0 Å². The summed E-state index contributed by atoms with van der Waals surface area (Å²) < 4.78 is 0.922. The summed E-state index contributed by atoms with van der Waals surface area (Å²) in [5.74, 6) is 0.0734. The second-order valence-electron chi connectivity index (χ2n) is 6.48. The predicted molar refractivity (Wildman–Crippen MR) is 118 cm³/mol. The number of thiocarbonyl (C=S) groups is 1. The van der Waals surface area contributed by atoms with E-state index >= 15 is 0 Å². The lowest BCUT2D eigenvalue weighted by Gasteiger charge is -2.14. The van der Waals surface area contributed by atoms with Crippen molar-refractivity contribution in [1.82, 2.24) is 5.32 Å². The van der Waals surface area contributed by atoms with Crippen molar-refractivity contribution in [1.29, 1.82) is 0 Å². The molecule has 27 heavy (non-hydrogen) atoms. The van der Waals surface area contributed by atoms with Crippen LogP contribution in [0.4, 0.5) is 5.69 Å². The van der Waals surface area contributed by atoms with Crippen LogP contribution in [-0.4, -0.2) is 16.1 Å². The first-order valence-electron chi connectivity index (χ1n) is 8.49. The molecule has 0 aliphatic heterocycles. The third kappa shape index (κ3) is 4.28. The predicted octanol–water partition coefficient (Wildman–Crippen LogP) is 5.56. The zero-order valence-electron chi connectivity index (χ0n) is 14.9. The molecular formula is C21H19BrN2O2S. The van der Waals surface area contributed by atoms with E-state index in [2.05, 4.69) is 40.4 Å². The fraction of sp³-hybridized carbons (Fsp3) is 0.143. The van der Waals surface area contributed by atoms with Crippen LogP contribution in [0.2, 0.25) is 0 Å². The molecule has 6 heteroatoms. The molecule has 3 rings (SSSR count). The monoisotopic (exact) mass is 442 g/mol. The van der Waals surface area contributed by atoms with Crippen molar-refractivity contribution < 1.29 is 9.90 Å². The fourth-order valence-corrected chi connectivity index (χ4v) is 3.51. The summed E-state index contributed by atoms with van der Waals surface area (Å²) in [6.07, 6.45) is 0. The van der Waals surface area contributed by atoms with Crippen molar-refractivity contribution >= 4 is 55.6 Å². The fourth-order valence-electron chi connectivity index (χ4n) is 2.81. The van der Waals surface area contributed by atoms with Crippen LogP contribution < -0.4 is 10.6 Å². The summed E-state index contributed by atoms with van der Waals surface area (Å²) in [6.45, 7) is 4.13. The number of halogens is 1. The molecule has 0 heterocycles. The van der Waals surface area contributed by atoms with Crippen molar-refractivity contribution in [3.8, 4) is 5.75 Å². The quantitative estimate of drug-likeness (QED) is 0.367. The molecule has 0 saturated carbocycles. The number of amides is 1. The molecular weight excluding hydrogens is 424 g/mol. The Labute approximate surface area is 171 Å². The highest BCUT2D eigenvalue weighted by Gasteiger charge is 2.14. The minimum absolute atomic E-state index is 0.0742. The molecule has 3 aromatic rings. The Morgan fingerprint density at radius 3 is 2.52 bits per heavy atom. The van der Waals surface area contributed by atoms with Crippen molar-refractivity contribution in [3.63, 3.8) is 0 Å². The molecule has 138 valence electrons. The second-order valence-corrected chi connectivity index (χ2v) is 7.74. The molecule has 0 atom stereocenters. The maximum absolute atomic E-state index is 12.7. The molecule has 0 fully saturated rings. The zero-order chi connectivity index (χ0) is 19.6. The maximum Gasteiger partial charge on any atom is 0.258 e. The maximum atomic E-state index is 12.7. The molecule has 0 aliphatic carbocycles. The number of carbonyl (C=O) groups is 1. The highest BCUT2D eigenvalue weighted by Crippen LogP contribution is 2.28. The van der Waals surface area contributed by atoms with E-state index < -0.39 is 0 Å². The normalized spacial score (nSPS) is 10.8. The summed E-state index contributed by atoms with van der Waals surface area (Å²) in [5, 5.41) is 17.6. The van der Waals surface area contributed by atoms with Crippen LogP contribution in [0.15, 0.2) is 59.1 Å². The summed E-state index contributed by atoms with van der Waals surface area (Å²) in [4.78, 5) is 12.7. The average molecular weight is 443 g/mol. The minimum Gasteiger partial charge on any atom is -0.506 e. The summed E-state index contributed by atoms with van der Waals surface area (Å²) in [6, 6.07) is 16.5. The molecule has 3 N–H and O–H groups in total. The number of benzene rings is 3. The minimum atomic E-state index is -0.310. The smallest absolute Gasteiger partial charge is 0.258 e. The van der Waals surface area contributed by atoms with Gasteiger partial charge in [0.15, 0.2) is 5.11 Å². The third-order valence-electron chi connectivity index (χ3n) is 4.28. The number of phenolic OH excluding ortho intramolecular Hbond substituents is 1. The lowest BCUT2D eigenvalue weighted by Crippen LogP contribution is -2.34. The van der Waals surface area contributed by atoms with Crippen LogP contribution in [0.3, 0.4) is 0 Å². The van der Waals surface area contributed by atoms with E-state index in [1.807, 2.05) is 42.5 Å². The van der Waals surface area contributed by atoms with Gasteiger partial charge in [-0.25, -0.2) is 0 Å². The van der Waals surface area contributed by atoms with Gasteiger partial charge >= 0.3 is 0 Å². The first-order chi connectivity index (χ1) is 12.9. The van der Waals surface area contributed by atoms with Gasteiger partial charge < -0.3 is 10.4 Å². The lowest BCUT2D eigenvalue weighted by atomic mass is 10.0. The molecule has 0 radical (unpaired) electrons. The van der Waals surface area contributed by atoms with E-state index in [4.69, 9.17) is 12.2 Å². The Bertz CT molecular complexity index is 1030. The van der Waals surface area contributed by atoms with E-state index in [1.165, 1.54) is 0 Å². The Balaban J connectivity index is 1.80. The number of anilines is 1. The number of fused-ring (bicyclic) bond motifs is 1. The SMILES string of the molecule is CC(C)c1ccc(O)c(NC(=S)NC(=O)c2cccc3c(Br)cccc23)c1. The topological polar surface area (TPSA) is 61.4 Å². The second kappa shape index (κ2) is 8.06.